The van der Waals surface area contributed by atoms with Crippen LogP contribution < -0.4 is 0 Å². The molecule has 0 bridgehead atoms. The maximum atomic E-state index is 13.3. The van der Waals surface area contributed by atoms with Crippen LogP contribution in [0.25, 0.3) is 11.0 Å². The number of benzene rings is 2. The van der Waals surface area contributed by atoms with Crippen LogP contribution in [0.5, 0.6) is 0 Å². The zero-order valence-corrected chi connectivity index (χ0v) is 13.6. The predicted molar refractivity (Wildman–Crippen MR) is 91.6 cm³/mol. The van der Waals surface area contributed by atoms with E-state index in [0.717, 1.165) is 18.4 Å². The minimum Gasteiger partial charge on any atom is -0.451 e. The fourth-order valence-electron chi connectivity index (χ4n) is 3.51. The second-order valence-corrected chi connectivity index (χ2v) is 6.36. The first kappa shape index (κ1) is 15.8. The van der Waals surface area contributed by atoms with Crippen LogP contribution in [0.3, 0.4) is 0 Å². The average Bonchev–Trinajstić information content (AvgIpc) is 3.27. The molecule has 4 nitrogen and oxygen atoms in total. The normalized spacial score (nSPS) is 18.6. The molecule has 1 fully saturated rings. The van der Waals surface area contributed by atoms with Crippen molar-refractivity contribution in [1.29, 1.82) is 0 Å². The van der Waals surface area contributed by atoms with Gasteiger partial charge in [0.15, 0.2) is 5.76 Å². The van der Waals surface area contributed by atoms with E-state index in [-0.39, 0.29) is 23.5 Å². The molecule has 3 aromatic rings. The molecule has 5 heteroatoms. The van der Waals surface area contributed by atoms with Gasteiger partial charge in [0, 0.05) is 11.9 Å². The van der Waals surface area contributed by atoms with E-state index in [9.17, 15) is 14.3 Å². The number of nitrogens with zero attached hydrogens (tertiary/aromatic N) is 1. The van der Waals surface area contributed by atoms with E-state index in [1.807, 2.05) is 30.3 Å². The molecule has 1 aliphatic heterocycles. The number of aliphatic hydroxyl groups is 1. The number of carbonyl (C=O) groups is 1. The van der Waals surface area contributed by atoms with Gasteiger partial charge in [0.05, 0.1) is 12.1 Å². The smallest absolute Gasteiger partial charge is 0.289 e. The number of likely N-dealkylation sites (tertiary alicyclic amines) is 1. The third-order valence-electron chi connectivity index (χ3n) is 4.75. The molecule has 2 unspecified atom stereocenters. The molecule has 2 atom stereocenters. The van der Waals surface area contributed by atoms with Crippen molar-refractivity contribution in [2.75, 3.05) is 6.54 Å². The Morgan fingerprint density at radius 2 is 2.00 bits per heavy atom. The molecule has 1 amide bonds. The molecule has 1 aromatic heterocycles. The lowest BCUT2D eigenvalue weighted by Crippen LogP contribution is -2.39. The summed E-state index contributed by atoms with van der Waals surface area (Å²) >= 11 is 0. The van der Waals surface area contributed by atoms with Gasteiger partial charge in [-0.1, -0.05) is 30.3 Å². The second kappa shape index (κ2) is 6.33. The molecule has 1 saturated heterocycles. The monoisotopic (exact) mass is 339 g/mol. The van der Waals surface area contributed by atoms with E-state index in [1.165, 1.54) is 18.2 Å². The highest BCUT2D eigenvalue weighted by molar-refractivity contribution is 5.96. The Labute approximate surface area is 144 Å². The third-order valence-corrected chi connectivity index (χ3v) is 4.75. The van der Waals surface area contributed by atoms with Gasteiger partial charge >= 0.3 is 0 Å². The van der Waals surface area contributed by atoms with E-state index >= 15 is 0 Å². The lowest BCUT2D eigenvalue weighted by molar-refractivity contribution is 0.0463. The first-order chi connectivity index (χ1) is 12.1. The van der Waals surface area contributed by atoms with Gasteiger partial charge in [0.2, 0.25) is 0 Å². The Morgan fingerprint density at radius 3 is 2.80 bits per heavy atom. The van der Waals surface area contributed by atoms with E-state index in [4.69, 9.17) is 4.42 Å². The molecular formula is C20H18FNO3. The van der Waals surface area contributed by atoms with Gasteiger partial charge in [-0.3, -0.25) is 4.79 Å². The highest BCUT2D eigenvalue weighted by Crippen LogP contribution is 2.31. The van der Waals surface area contributed by atoms with Crippen molar-refractivity contribution >= 4 is 16.9 Å². The van der Waals surface area contributed by atoms with E-state index in [1.54, 1.807) is 11.0 Å². The molecular weight excluding hydrogens is 321 g/mol. The highest BCUT2D eigenvalue weighted by atomic mass is 19.1. The number of hydrogen-bond donors (Lipinski definition) is 1. The summed E-state index contributed by atoms with van der Waals surface area (Å²) in [7, 11) is 0. The van der Waals surface area contributed by atoms with Gasteiger partial charge in [-0.05, 0) is 42.7 Å². The number of hydrogen-bond acceptors (Lipinski definition) is 3. The molecule has 1 aliphatic rings. The second-order valence-electron chi connectivity index (χ2n) is 6.36. The molecule has 25 heavy (non-hydrogen) atoms. The summed E-state index contributed by atoms with van der Waals surface area (Å²) in [6.45, 7) is 0.568. The fourth-order valence-corrected chi connectivity index (χ4v) is 3.51. The van der Waals surface area contributed by atoms with Crippen LogP contribution in [0.2, 0.25) is 0 Å². The maximum Gasteiger partial charge on any atom is 0.289 e. The van der Waals surface area contributed by atoms with Gasteiger partial charge in [-0.15, -0.1) is 0 Å². The summed E-state index contributed by atoms with van der Waals surface area (Å²) < 4.78 is 18.9. The van der Waals surface area contributed by atoms with Crippen LogP contribution in [-0.2, 0) is 0 Å². The Hall–Kier alpha value is -2.66. The van der Waals surface area contributed by atoms with Crippen LogP contribution in [0.1, 0.15) is 35.1 Å². The standard InChI is InChI=1S/C20H18FNO3/c21-15-8-9-17-14(11-15)12-18(25-17)20(24)22-10-4-7-16(22)19(23)13-5-2-1-3-6-13/h1-3,5-6,8-9,11-12,16,19,23H,4,7,10H2. The van der Waals surface area contributed by atoms with Crippen molar-refractivity contribution in [3.05, 3.63) is 71.7 Å². The summed E-state index contributed by atoms with van der Waals surface area (Å²) in [5.74, 6) is -0.465. The van der Waals surface area contributed by atoms with Crippen LogP contribution >= 0.6 is 0 Å². The van der Waals surface area contributed by atoms with Gasteiger partial charge in [-0.2, -0.15) is 0 Å². The van der Waals surface area contributed by atoms with Crippen molar-refractivity contribution in [2.24, 2.45) is 0 Å². The van der Waals surface area contributed by atoms with Gasteiger partial charge in [0.25, 0.3) is 5.91 Å². The Balaban J connectivity index is 1.61. The largest absolute Gasteiger partial charge is 0.451 e. The van der Waals surface area contributed by atoms with Gasteiger partial charge < -0.3 is 14.4 Å². The number of halogens is 1. The summed E-state index contributed by atoms with van der Waals surface area (Å²) in [6.07, 6.45) is 0.820. The molecule has 0 radical (unpaired) electrons. The number of rotatable bonds is 3. The zero-order chi connectivity index (χ0) is 17.4. The lowest BCUT2D eigenvalue weighted by atomic mass is 10.0. The first-order valence-corrected chi connectivity index (χ1v) is 8.36. The lowest BCUT2D eigenvalue weighted by Gasteiger charge is -2.28. The minimum atomic E-state index is -0.741. The quantitative estimate of drug-likeness (QED) is 0.787. The van der Waals surface area contributed by atoms with Crippen molar-refractivity contribution in [3.63, 3.8) is 0 Å². The molecule has 2 aromatic carbocycles. The SMILES string of the molecule is O=C(c1cc2cc(F)ccc2o1)N1CCCC1C(O)c1ccccc1. The average molecular weight is 339 g/mol. The van der Waals surface area contributed by atoms with Crippen molar-refractivity contribution in [1.82, 2.24) is 4.90 Å². The highest BCUT2D eigenvalue weighted by Gasteiger charge is 2.36. The summed E-state index contributed by atoms with van der Waals surface area (Å²) in [4.78, 5) is 14.5. The molecule has 4 rings (SSSR count). The topological polar surface area (TPSA) is 53.7 Å². The van der Waals surface area contributed by atoms with E-state index in [2.05, 4.69) is 0 Å². The van der Waals surface area contributed by atoms with Crippen molar-refractivity contribution < 1.29 is 18.7 Å². The molecule has 128 valence electrons. The third kappa shape index (κ3) is 2.91. The fraction of sp³-hybridized carbons (Fsp3) is 0.250. The van der Waals surface area contributed by atoms with Crippen LogP contribution in [0, 0.1) is 5.82 Å². The summed E-state index contributed by atoms with van der Waals surface area (Å²) in [5.41, 5.74) is 1.27. The maximum absolute atomic E-state index is 13.3. The minimum absolute atomic E-state index is 0.174. The predicted octanol–water partition coefficient (Wildman–Crippen LogP) is 3.91. The Morgan fingerprint density at radius 1 is 1.20 bits per heavy atom. The first-order valence-electron chi connectivity index (χ1n) is 8.36. The number of furan rings is 1. The number of amides is 1. The summed E-state index contributed by atoms with van der Waals surface area (Å²) in [5, 5.41) is 11.2. The van der Waals surface area contributed by atoms with Crippen molar-refractivity contribution in [3.8, 4) is 0 Å². The van der Waals surface area contributed by atoms with Gasteiger partial charge in [-0.25, -0.2) is 4.39 Å². The van der Waals surface area contributed by atoms with Crippen molar-refractivity contribution in [2.45, 2.75) is 25.0 Å². The van der Waals surface area contributed by atoms with Crippen LogP contribution in [0.15, 0.2) is 59.0 Å². The Kier molecular flexibility index (Phi) is 4.01. The molecule has 0 aliphatic carbocycles. The number of carbonyl (C=O) groups excluding carboxylic acids is 1. The Bertz CT molecular complexity index is 906. The molecule has 0 saturated carbocycles. The number of aliphatic hydroxyl groups excluding tert-OH is 1. The van der Waals surface area contributed by atoms with E-state index in [0.29, 0.717) is 17.5 Å². The molecule has 2 heterocycles. The van der Waals surface area contributed by atoms with E-state index < -0.39 is 6.10 Å². The number of fused-ring (bicyclic) bond motifs is 1. The van der Waals surface area contributed by atoms with Crippen LogP contribution in [0.4, 0.5) is 4.39 Å². The zero-order valence-electron chi connectivity index (χ0n) is 13.6. The molecule has 1 N–H and O–H groups in total. The van der Waals surface area contributed by atoms with Gasteiger partial charge in [0.1, 0.15) is 11.4 Å². The molecule has 0 spiro atoms. The van der Waals surface area contributed by atoms with Crippen LogP contribution in [-0.4, -0.2) is 28.5 Å². The summed E-state index contributed by atoms with van der Waals surface area (Å²) in [6, 6.07) is 14.8.